The second-order valence-corrected chi connectivity index (χ2v) is 13.2. The number of nitrogens with one attached hydrogen (secondary N) is 1. The van der Waals surface area contributed by atoms with Gasteiger partial charge in [0.15, 0.2) is 0 Å². The molecule has 47 heavy (non-hydrogen) atoms. The number of carbonyl (C=O) groups excluding carboxylic acids is 1. The van der Waals surface area contributed by atoms with E-state index < -0.39 is 11.4 Å². The number of benzene rings is 3. The third-order valence-electron chi connectivity index (χ3n) is 8.95. The van der Waals surface area contributed by atoms with Crippen molar-refractivity contribution in [3.63, 3.8) is 0 Å². The summed E-state index contributed by atoms with van der Waals surface area (Å²) < 4.78 is 5.85. The summed E-state index contributed by atoms with van der Waals surface area (Å²) in [5, 5.41) is 11.0. The summed E-state index contributed by atoms with van der Waals surface area (Å²) in [5.41, 5.74) is 8.19. The number of aromatic nitrogens is 2. The van der Waals surface area contributed by atoms with Crippen LogP contribution in [0.2, 0.25) is 0 Å². The maximum Gasteiger partial charge on any atom is 0.410 e. The molecule has 2 heterocycles. The number of carboxylic acid groups (broad SMARTS) is 1. The van der Waals surface area contributed by atoms with Crippen LogP contribution in [0.1, 0.15) is 72.9 Å². The molecule has 1 atom stereocenters. The molecule has 3 aromatic carbocycles. The largest absolute Gasteiger partial charge is 0.481 e. The number of rotatable bonds is 13. The van der Waals surface area contributed by atoms with Crippen LogP contribution in [0.4, 0.5) is 4.79 Å². The summed E-state index contributed by atoms with van der Waals surface area (Å²) >= 11 is 0. The molecule has 5 rings (SSSR count). The van der Waals surface area contributed by atoms with Gasteiger partial charge in [-0.2, -0.15) is 0 Å². The molecule has 0 bridgehead atoms. The summed E-state index contributed by atoms with van der Waals surface area (Å²) in [6.07, 6.45) is 5.93. The van der Waals surface area contributed by atoms with E-state index in [0.717, 1.165) is 69.2 Å². The standard InChI is InChI=1S/C40H45N3O4/c1-27-21-28(2)23-32(22-27)37-36(34-24-33(14-15-35(34)42-37)40(4,5)38(44)45)29(3)25-43(20-10-9-11-30-16-18-41-19-17-30)39(46)47-26-31-12-7-6-8-13-31/h6-8,12-19,21-24,29,42H,9-11,20,25-26H2,1-5H3,(H,44,45). The minimum absolute atomic E-state index is 0.0905. The van der Waals surface area contributed by atoms with Gasteiger partial charge >= 0.3 is 12.1 Å². The molecule has 1 unspecified atom stereocenters. The van der Waals surface area contributed by atoms with Crippen LogP contribution < -0.4 is 0 Å². The molecule has 0 aliphatic heterocycles. The first-order valence-electron chi connectivity index (χ1n) is 16.4. The van der Waals surface area contributed by atoms with Gasteiger partial charge in [-0.15, -0.1) is 0 Å². The first-order chi connectivity index (χ1) is 22.5. The Balaban J connectivity index is 1.48. The van der Waals surface area contributed by atoms with Gasteiger partial charge in [0.25, 0.3) is 0 Å². The second-order valence-electron chi connectivity index (χ2n) is 13.2. The number of ether oxygens (including phenoxy) is 1. The second kappa shape index (κ2) is 14.7. The number of fused-ring (bicyclic) bond motifs is 1. The highest BCUT2D eigenvalue weighted by Crippen LogP contribution is 2.39. The third-order valence-corrected chi connectivity index (χ3v) is 8.95. The van der Waals surface area contributed by atoms with E-state index in [2.05, 4.69) is 48.9 Å². The SMILES string of the molecule is Cc1cc(C)cc(-c2[nH]c3ccc(C(C)(C)C(=O)O)cc3c2C(C)CN(CCCCc2ccncc2)C(=O)OCc2ccccc2)c1. The van der Waals surface area contributed by atoms with Gasteiger partial charge in [-0.25, -0.2) is 4.79 Å². The van der Waals surface area contributed by atoms with Gasteiger partial charge in [-0.1, -0.05) is 60.5 Å². The lowest BCUT2D eigenvalue weighted by Gasteiger charge is -2.26. The highest BCUT2D eigenvalue weighted by Gasteiger charge is 2.31. The number of aromatic amines is 1. The van der Waals surface area contributed by atoms with E-state index in [1.165, 1.54) is 5.56 Å². The van der Waals surface area contributed by atoms with Crippen molar-refractivity contribution in [2.24, 2.45) is 0 Å². The summed E-state index contributed by atoms with van der Waals surface area (Å²) in [7, 11) is 0. The van der Waals surface area contributed by atoms with Crippen LogP contribution in [0.5, 0.6) is 0 Å². The van der Waals surface area contributed by atoms with Crippen molar-refractivity contribution >= 4 is 23.0 Å². The lowest BCUT2D eigenvalue weighted by atomic mass is 9.83. The molecule has 7 heteroatoms. The number of aliphatic carboxylic acids is 1. The zero-order chi connectivity index (χ0) is 33.6. The fraction of sp³-hybridized carbons (Fsp3) is 0.325. The summed E-state index contributed by atoms with van der Waals surface area (Å²) in [5.74, 6) is -0.970. The van der Waals surface area contributed by atoms with Crippen LogP contribution in [0.15, 0.2) is 91.3 Å². The number of carboxylic acids is 1. The first-order valence-corrected chi connectivity index (χ1v) is 16.4. The molecule has 1 amide bonds. The zero-order valence-corrected chi connectivity index (χ0v) is 28.0. The zero-order valence-electron chi connectivity index (χ0n) is 28.0. The summed E-state index contributed by atoms with van der Waals surface area (Å²) in [4.78, 5) is 35.5. The molecule has 2 N–H and O–H groups in total. The van der Waals surface area contributed by atoms with Gasteiger partial charge in [0, 0.05) is 42.3 Å². The number of pyridine rings is 1. The fourth-order valence-corrected chi connectivity index (χ4v) is 6.25. The Kier molecular flexibility index (Phi) is 10.4. The van der Waals surface area contributed by atoms with Crippen LogP contribution in [0, 0.1) is 13.8 Å². The van der Waals surface area contributed by atoms with E-state index in [1.54, 1.807) is 13.8 Å². The van der Waals surface area contributed by atoms with E-state index in [9.17, 15) is 14.7 Å². The Hall–Kier alpha value is -4.91. The normalized spacial score (nSPS) is 12.2. The molecular formula is C40H45N3O4. The fourth-order valence-electron chi connectivity index (χ4n) is 6.25. The van der Waals surface area contributed by atoms with Crippen LogP contribution in [0.25, 0.3) is 22.2 Å². The Morgan fingerprint density at radius 1 is 0.915 bits per heavy atom. The molecule has 0 saturated carbocycles. The molecule has 0 aliphatic carbocycles. The monoisotopic (exact) mass is 631 g/mol. The molecule has 0 radical (unpaired) electrons. The van der Waals surface area contributed by atoms with Crippen molar-refractivity contribution < 1.29 is 19.4 Å². The van der Waals surface area contributed by atoms with Gasteiger partial charge in [0.2, 0.25) is 0 Å². The number of aryl methyl sites for hydroxylation is 3. The van der Waals surface area contributed by atoms with Crippen molar-refractivity contribution in [3.05, 3.63) is 125 Å². The number of hydrogen-bond acceptors (Lipinski definition) is 4. The highest BCUT2D eigenvalue weighted by atomic mass is 16.6. The predicted molar refractivity (Wildman–Crippen MR) is 188 cm³/mol. The number of carbonyl (C=O) groups is 2. The van der Waals surface area contributed by atoms with E-state index in [0.29, 0.717) is 13.1 Å². The van der Waals surface area contributed by atoms with Crippen molar-refractivity contribution in [3.8, 4) is 11.3 Å². The highest BCUT2D eigenvalue weighted by molar-refractivity contribution is 5.93. The number of hydrogen-bond donors (Lipinski definition) is 2. The van der Waals surface area contributed by atoms with Crippen molar-refractivity contribution in [2.75, 3.05) is 13.1 Å². The topological polar surface area (TPSA) is 95.5 Å². The van der Waals surface area contributed by atoms with Gasteiger partial charge in [0.1, 0.15) is 6.61 Å². The lowest BCUT2D eigenvalue weighted by molar-refractivity contribution is -0.142. The Bertz CT molecular complexity index is 1810. The average Bonchev–Trinajstić information content (AvgIpc) is 3.45. The van der Waals surface area contributed by atoms with Crippen LogP contribution in [-0.2, 0) is 28.0 Å². The van der Waals surface area contributed by atoms with Gasteiger partial charge in [-0.05, 0) is 111 Å². The molecule has 0 spiro atoms. The van der Waals surface area contributed by atoms with Crippen molar-refractivity contribution in [1.29, 1.82) is 0 Å². The number of nitrogens with zero attached hydrogens (tertiary/aromatic N) is 2. The number of amides is 1. The van der Waals surface area contributed by atoms with Gasteiger partial charge < -0.3 is 19.7 Å². The predicted octanol–water partition coefficient (Wildman–Crippen LogP) is 8.97. The number of unbranched alkanes of at least 4 members (excludes halogenated alkanes) is 1. The Morgan fingerprint density at radius 3 is 2.30 bits per heavy atom. The quantitative estimate of drug-likeness (QED) is 0.127. The molecular weight excluding hydrogens is 586 g/mol. The van der Waals surface area contributed by atoms with Gasteiger partial charge in [0.05, 0.1) is 11.1 Å². The molecule has 0 fully saturated rings. The van der Waals surface area contributed by atoms with Crippen LogP contribution in [0.3, 0.4) is 0 Å². The van der Waals surface area contributed by atoms with E-state index in [1.807, 2.05) is 78.0 Å². The number of H-pyrrole nitrogens is 1. The van der Waals surface area contributed by atoms with Crippen LogP contribution in [-0.4, -0.2) is 45.1 Å². The van der Waals surface area contributed by atoms with E-state index >= 15 is 0 Å². The molecule has 5 aromatic rings. The third kappa shape index (κ3) is 8.09. The van der Waals surface area contributed by atoms with Gasteiger partial charge in [-0.3, -0.25) is 9.78 Å². The lowest BCUT2D eigenvalue weighted by Crippen LogP contribution is -2.35. The average molecular weight is 632 g/mol. The van der Waals surface area contributed by atoms with Crippen LogP contribution >= 0.6 is 0 Å². The Labute approximate surface area is 277 Å². The Morgan fingerprint density at radius 2 is 1.62 bits per heavy atom. The maximum absolute atomic E-state index is 13.7. The van der Waals surface area contributed by atoms with Crippen molar-refractivity contribution in [1.82, 2.24) is 14.9 Å². The molecule has 0 saturated heterocycles. The summed E-state index contributed by atoms with van der Waals surface area (Å²) in [6, 6.07) is 26.1. The summed E-state index contributed by atoms with van der Waals surface area (Å²) in [6.45, 7) is 11.0. The molecule has 2 aromatic heterocycles. The molecule has 244 valence electrons. The van der Waals surface area contributed by atoms with Crippen molar-refractivity contribution in [2.45, 2.75) is 71.8 Å². The smallest absolute Gasteiger partial charge is 0.410 e. The molecule has 7 nitrogen and oxygen atoms in total. The minimum Gasteiger partial charge on any atom is -0.481 e. The van der Waals surface area contributed by atoms with E-state index in [-0.39, 0.29) is 18.6 Å². The maximum atomic E-state index is 13.7. The first kappa shape index (κ1) is 33.5. The minimum atomic E-state index is -1.06. The molecule has 0 aliphatic rings. The van der Waals surface area contributed by atoms with E-state index in [4.69, 9.17) is 4.74 Å².